The smallest absolute Gasteiger partial charge is 0.307 e. The Balaban J connectivity index is 1.86. The molecule has 11 heavy (non-hydrogen) atoms. The van der Waals surface area contributed by atoms with Gasteiger partial charge in [0.15, 0.2) is 0 Å². The van der Waals surface area contributed by atoms with Gasteiger partial charge in [0.25, 0.3) is 0 Å². The van der Waals surface area contributed by atoms with Crippen molar-refractivity contribution in [1.29, 1.82) is 0 Å². The van der Waals surface area contributed by atoms with Gasteiger partial charge in [-0.1, -0.05) is 0 Å². The molecule has 3 fully saturated rings. The maximum atomic E-state index is 10.7. The van der Waals surface area contributed by atoms with Gasteiger partial charge in [0.05, 0.1) is 5.92 Å². The van der Waals surface area contributed by atoms with Crippen molar-refractivity contribution in [2.45, 2.75) is 19.3 Å². The first-order valence-electron chi connectivity index (χ1n) is 4.52. The predicted octanol–water partition coefficient (Wildman–Crippen LogP) is 1.36. The Bertz CT molecular complexity index is 208. The van der Waals surface area contributed by atoms with Gasteiger partial charge in [0.1, 0.15) is 0 Å². The second-order valence-electron chi connectivity index (χ2n) is 4.35. The molecular formula is C9H12O2. The Kier molecular flexibility index (Phi) is 0.890. The third kappa shape index (κ3) is 0.569. The minimum Gasteiger partial charge on any atom is -0.481 e. The number of aliphatic carboxylic acids is 1. The highest BCUT2D eigenvalue weighted by Crippen LogP contribution is 2.69. The van der Waals surface area contributed by atoms with Gasteiger partial charge in [0, 0.05) is 0 Å². The maximum Gasteiger partial charge on any atom is 0.307 e. The van der Waals surface area contributed by atoms with Crippen LogP contribution < -0.4 is 0 Å². The molecule has 2 bridgehead atoms. The lowest BCUT2D eigenvalue weighted by Gasteiger charge is -2.04. The molecule has 3 aliphatic carbocycles. The number of hydrogen-bond donors (Lipinski definition) is 1. The molecule has 60 valence electrons. The van der Waals surface area contributed by atoms with Crippen molar-refractivity contribution < 1.29 is 9.90 Å². The Morgan fingerprint density at radius 2 is 1.73 bits per heavy atom. The van der Waals surface area contributed by atoms with E-state index in [-0.39, 0.29) is 5.92 Å². The standard InChI is InChI=1S/C9H12O2/c10-9(11)8-6-4-1-2-5(3-4)7(6)8/h4-8H,1-3H2,(H,10,11). The molecule has 2 heteroatoms. The molecule has 0 saturated heterocycles. The quantitative estimate of drug-likeness (QED) is 0.616. The van der Waals surface area contributed by atoms with Crippen LogP contribution in [0.4, 0.5) is 0 Å². The highest BCUT2D eigenvalue weighted by molar-refractivity contribution is 5.75. The summed E-state index contributed by atoms with van der Waals surface area (Å²) in [7, 11) is 0. The average molecular weight is 152 g/mol. The van der Waals surface area contributed by atoms with Crippen LogP contribution in [0.5, 0.6) is 0 Å². The fourth-order valence-electron chi connectivity index (χ4n) is 3.66. The zero-order valence-electron chi connectivity index (χ0n) is 6.36. The Morgan fingerprint density at radius 3 is 2.18 bits per heavy atom. The average Bonchev–Trinajstić information content (AvgIpc) is 2.44. The Labute approximate surface area is 65.6 Å². The van der Waals surface area contributed by atoms with Gasteiger partial charge >= 0.3 is 5.97 Å². The van der Waals surface area contributed by atoms with Crippen molar-refractivity contribution in [3.05, 3.63) is 0 Å². The minimum absolute atomic E-state index is 0.0706. The lowest BCUT2D eigenvalue weighted by Crippen LogP contribution is -2.07. The fraction of sp³-hybridized carbons (Fsp3) is 0.889. The molecule has 0 aromatic heterocycles. The zero-order chi connectivity index (χ0) is 7.59. The molecule has 3 aliphatic rings. The van der Waals surface area contributed by atoms with Crippen molar-refractivity contribution in [2.24, 2.45) is 29.6 Å². The molecule has 0 spiro atoms. The van der Waals surface area contributed by atoms with Crippen LogP contribution in [0.15, 0.2) is 0 Å². The summed E-state index contributed by atoms with van der Waals surface area (Å²) >= 11 is 0. The van der Waals surface area contributed by atoms with E-state index in [1.165, 1.54) is 19.3 Å². The van der Waals surface area contributed by atoms with E-state index in [0.717, 1.165) is 11.8 Å². The molecule has 0 aliphatic heterocycles. The van der Waals surface area contributed by atoms with Crippen molar-refractivity contribution in [3.8, 4) is 0 Å². The molecule has 0 heterocycles. The highest BCUT2D eigenvalue weighted by atomic mass is 16.4. The summed E-state index contributed by atoms with van der Waals surface area (Å²) in [4.78, 5) is 10.7. The fourth-order valence-corrected chi connectivity index (χ4v) is 3.66. The van der Waals surface area contributed by atoms with E-state index in [1.54, 1.807) is 0 Å². The second kappa shape index (κ2) is 1.62. The topological polar surface area (TPSA) is 37.3 Å². The van der Waals surface area contributed by atoms with Crippen LogP contribution in [0, 0.1) is 29.6 Å². The van der Waals surface area contributed by atoms with Gasteiger partial charge in [0.2, 0.25) is 0 Å². The first kappa shape index (κ1) is 6.04. The number of hydrogen-bond acceptors (Lipinski definition) is 1. The molecule has 0 radical (unpaired) electrons. The number of rotatable bonds is 1. The van der Waals surface area contributed by atoms with Gasteiger partial charge in [-0.2, -0.15) is 0 Å². The van der Waals surface area contributed by atoms with Gasteiger partial charge in [-0.05, 0) is 42.9 Å². The van der Waals surface area contributed by atoms with E-state index < -0.39 is 5.97 Å². The van der Waals surface area contributed by atoms with Crippen molar-refractivity contribution in [1.82, 2.24) is 0 Å². The van der Waals surface area contributed by atoms with Crippen molar-refractivity contribution >= 4 is 5.97 Å². The van der Waals surface area contributed by atoms with E-state index in [1.807, 2.05) is 0 Å². The maximum absolute atomic E-state index is 10.7. The molecule has 4 unspecified atom stereocenters. The normalized spacial score (nSPS) is 57.6. The molecule has 0 aromatic rings. The summed E-state index contributed by atoms with van der Waals surface area (Å²) in [5.74, 6) is 2.34. The summed E-state index contributed by atoms with van der Waals surface area (Å²) in [5, 5.41) is 8.82. The van der Waals surface area contributed by atoms with Crippen LogP contribution in [0.2, 0.25) is 0 Å². The predicted molar refractivity (Wildman–Crippen MR) is 38.9 cm³/mol. The molecule has 2 nitrogen and oxygen atoms in total. The summed E-state index contributed by atoms with van der Waals surface area (Å²) in [6.45, 7) is 0. The number of carboxylic acid groups (broad SMARTS) is 1. The SMILES string of the molecule is O=C(O)C1C2C3CCC(C3)C12. The number of carboxylic acids is 1. The van der Waals surface area contributed by atoms with Crippen molar-refractivity contribution in [2.75, 3.05) is 0 Å². The minimum atomic E-state index is -0.531. The monoisotopic (exact) mass is 152 g/mol. The first-order valence-corrected chi connectivity index (χ1v) is 4.52. The molecule has 3 saturated carbocycles. The molecule has 0 amide bonds. The van der Waals surface area contributed by atoms with E-state index in [2.05, 4.69) is 0 Å². The Morgan fingerprint density at radius 1 is 1.18 bits per heavy atom. The third-order valence-electron chi connectivity index (χ3n) is 4.02. The van der Waals surface area contributed by atoms with E-state index >= 15 is 0 Å². The van der Waals surface area contributed by atoms with Crippen molar-refractivity contribution in [3.63, 3.8) is 0 Å². The van der Waals surface area contributed by atoms with Gasteiger partial charge in [-0.15, -0.1) is 0 Å². The molecule has 4 atom stereocenters. The van der Waals surface area contributed by atoms with Crippen LogP contribution in [-0.4, -0.2) is 11.1 Å². The highest BCUT2D eigenvalue weighted by Gasteiger charge is 2.67. The molecule has 0 aromatic carbocycles. The van der Waals surface area contributed by atoms with Crippen LogP contribution in [0.1, 0.15) is 19.3 Å². The molecular weight excluding hydrogens is 140 g/mol. The third-order valence-corrected chi connectivity index (χ3v) is 4.02. The molecule has 3 rings (SSSR count). The largest absolute Gasteiger partial charge is 0.481 e. The summed E-state index contributed by atoms with van der Waals surface area (Å²) in [6, 6.07) is 0. The summed E-state index contributed by atoms with van der Waals surface area (Å²) in [6.07, 6.45) is 3.98. The lowest BCUT2D eigenvalue weighted by molar-refractivity contribution is -0.139. The number of carbonyl (C=O) groups is 1. The number of fused-ring (bicyclic) bond motifs is 5. The summed E-state index contributed by atoms with van der Waals surface area (Å²) < 4.78 is 0. The van der Waals surface area contributed by atoms with Crippen LogP contribution in [-0.2, 0) is 4.79 Å². The Hall–Kier alpha value is -0.530. The lowest BCUT2D eigenvalue weighted by atomic mass is 10.0. The van der Waals surface area contributed by atoms with E-state index in [4.69, 9.17) is 5.11 Å². The van der Waals surface area contributed by atoms with E-state index in [0.29, 0.717) is 11.8 Å². The summed E-state index contributed by atoms with van der Waals surface area (Å²) in [5.41, 5.74) is 0. The van der Waals surface area contributed by atoms with Gasteiger partial charge in [-0.3, -0.25) is 4.79 Å². The van der Waals surface area contributed by atoms with Crippen LogP contribution in [0.25, 0.3) is 0 Å². The zero-order valence-corrected chi connectivity index (χ0v) is 6.36. The molecule has 1 N–H and O–H groups in total. The van der Waals surface area contributed by atoms with Gasteiger partial charge < -0.3 is 5.11 Å². The van der Waals surface area contributed by atoms with Gasteiger partial charge in [-0.25, -0.2) is 0 Å². The van der Waals surface area contributed by atoms with E-state index in [9.17, 15) is 4.79 Å². The second-order valence-corrected chi connectivity index (χ2v) is 4.35. The van der Waals surface area contributed by atoms with Crippen LogP contribution >= 0.6 is 0 Å². The van der Waals surface area contributed by atoms with Crippen LogP contribution in [0.3, 0.4) is 0 Å². The first-order chi connectivity index (χ1) is 5.29.